The van der Waals surface area contributed by atoms with Crippen molar-refractivity contribution in [1.29, 1.82) is 0 Å². The van der Waals surface area contributed by atoms with Crippen LogP contribution in [0.5, 0.6) is 0 Å². The highest BCUT2D eigenvalue weighted by Gasteiger charge is 2.67. The molecule has 1 heterocycles. The van der Waals surface area contributed by atoms with E-state index < -0.39 is 43.2 Å². The molecule has 0 bridgehead atoms. The molecule has 1 aliphatic rings. The van der Waals surface area contributed by atoms with Crippen molar-refractivity contribution in [3.63, 3.8) is 0 Å². The number of hydrogen-bond acceptors (Lipinski definition) is 6. The van der Waals surface area contributed by atoms with Gasteiger partial charge in [-0.2, -0.15) is 13.2 Å². The average molecular weight is 294 g/mol. The van der Waals surface area contributed by atoms with Crippen LogP contribution in [-0.2, 0) is 18.9 Å². The first kappa shape index (κ1) is 15.2. The van der Waals surface area contributed by atoms with E-state index >= 15 is 0 Å². The molecule has 0 radical (unpaired) electrons. The van der Waals surface area contributed by atoms with E-state index in [4.69, 9.17) is 0 Å². The molecule has 0 saturated carbocycles. The van der Waals surface area contributed by atoms with Gasteiger partial charge in [0.15, 0.2) is 0 Å². The summed E-state index contributed by atoms with van der Waals surface area (Å²) in [4.78, 5) is 21.3. The summed E-state index contributed by atoms with van der Waals surface area (Å²) in [5, 5.41) is 0. The van der Waals surface area contributed by atoms with E-state index in [2.05, 4.69) is 18.9 Å². The lowest BCUT2D eigenvalue weighted by Crippen LogP contribution is -2.59. The first-order valence-corrected chi connectivity index (χ1v) is 4.58. The van der Waals surface area contributed by atoms with Gasteiger partial charge in [-0.15, -0.1) is 0 Å². The van der Waals surface area contributed by atoms with Crippen LogP contribution < -0.4 is 0 Å². The highest BCUT2D eigenvalue weighted by molar-refractivity contribution is 5.64. The second-order valence-electron chi connectivity index (χ2n) is 3.39. The lowest BCUT2D eigenvalue weighted by molar-refractivity contribution is -0.274. The molecular formula is C8H7F5O6. The molecule has 110 valence electrons. The molecule has 0 aromatic carbocycles. The molecule has 2 atom stereocenters. The maximum atomic E-state index is 12.8. The topological polar surface area (TPSA) is 71.1 Å². The normalized spacial score (nSPS) is 24.7. The van der Waals surface area contributed by atoms with Gasteiger partial charge in [-0.05, 0) is 0 Å². The van der Waals surface area contributed by atoms with Gasteiger partial charge in [0.25, 0.3) is 12.0 Å². The van der Waals surface area contributed by atoms with Gasteiger partial charge in [0.1, 0.15) is 6.61 Å². The van der Waals surface area contributed by atoms with Crippen LogP contribution >= 0.6 is 0 Å². The molecule has 19 heavy (non-hydrogen) atoms. The van der Waals surface area contributed by atoms with Gasteiger partial charge in [-0.1, -0.05) is 0 Å². The van der Waals surface area contributed by atoms with Crippen molar-refractivity contribution >= 4 is 12.3 Å². The van der Waals surface area contributed by atoms with E-state index in [-0.39, 0.29) is 0 Å². The Morgan fingerprint density at radius 2 is 2.00 bits per heavy atom. The summed E-state index contributed by atoms with van der Waals surface area (Å²) in [6, 6.07) is 0. The second kappa shape index (κ2) is 5.05. The van der Waals surface area contributed by atoms with Gasteiger partial charge in [0.2, 0.25) is 6.10 Å². The molecule has 1 fully saturated rings. The number of carbonyl (C=O) groups excluding carboxylic acids is 2. The molecule has 0 aromatic rings. The summed E-state index contributed by atoms with van der Waals surface area (Å²) in [5.74, 6) is 0. The minimum atomic E-state index is -5.42. The number of ether oxygens (including phenoxy) is 4. The molecule has 1 aliphatic heterocycles. The number of carbonyl (C=O) groups is 2. The van der Waals surface area contributed by atoms with Crippen LogP contribution in [0.15, 0.2) is 0 Å². The third-order valence-corrected chi connectivity index (χ3v) is 2.18. The number of halogens is 5. The van der Waals surface area contributed by atoms with Gasteiger partial charge >= 0.3 is 18.5 Å². The molecule has 6 nitrogen and oxygen atoms in total. The molecule has 2 unspecified atom stereocenters. The zero-order valence-corrected chi connectivity index (χ0v) is 9.20. The van der Waals surface area contributed by atoms with Gasteiger partial charge in [-0.3, -0.25) is 0 Å². The van der Waals surface area contributed by atoms with Crippen molar-refractivity contribution < 1.29 is 50.5 Å². The van der Waals surface area contributed by atoms with Crippen LogP contribution in [0.3, 0.4) is 0 Å². The van der Waals surface area contributed by atoms with Crippen molar-refractivity contribution in [3.8, 4) is 0 Å². The molecule has 1 rings (SSSR count). The SMILES string of the molecule is COC(=O)OC(C(F)(F)F)C1(C(F)F)COC(=O)O1. The van der Waals surface area contributed by atoms with Crippen molar-refractivity contribution in [2.45, 2.75) is 24.3 Å². The van der Waals surface area contributed by atoms with Crippen LogP contribution in [0, 0.1) is 0 Å². The van der Waals surface area contributed by atoms with Crippen molar-refractivity contribution in [2.24, 2.45) is 0 Å². The zero-order chi connectivity index (χ0) is 14.8. The van der Waals surface area contributed by atoms with Crippen LogP contribution in [0.4, 0.5) is 31.5 Å². The fraction of sp³-hybridized carbons (Fsp3) is 0.750. The highest BCUT2D eigenvalue weighted by Crippen LogP contribution is 2.40. The Hall–Kier alpha value is -1.81. The summed E-state index contributed by atoms with van der Waals surface area (Å²) >= 11 is 0. The lowest BCUT2D eigenvalue weighted by atomic mass is 9.97. The predicted octanol–water partition coefficient (Wildman–Crippen LogP) is 1.87. The zero-order valence-electron chi connectivity index (χ0n) is 9.20. The minimum Gasteiger partial charge on any atom is -0.438 e. The number of rotatable bonds is 3. The van der Waals surface area contributed by atoms with Crippen LogP contribution in [0.1, 0.15) is 0 Å². The molecule has 11 heteroatoms. The third kappa shape index (κ3) is 2.96. The Kier molecular flexibility index (Phi) is 4.06. The molecule has 0 aliphatic carbocycles. The maximum absolute atomic E-state index is 12.8. The second-order valence-corrected chi connectivity index (χ2v) is 3.39. The number of alkyl halides is 5. The van der Waals surface area contributed by atoms with E-state index in [0.29, 0.717) is 7.11 Å². The molecule has 0 aromatic heterocycles. The summed E-state index contributed by atoms with van der Waals surface area (Å²) in [5.41, 5.74) is -3.45. The fourth-order valence-electron chi connectivity index (χ4n) is 1.32. The van der Waals surface area contributed by atoms with E-state index in [1.54, 1.807) is 0 Å². The first-order chi connectivity index (χ1) is 8.63. The molecular weight excluding hydrogens is 287 g/mol. The van der Waals surface area contributed by atoms with Crippen molar-refractivity contribution in [2.75, 3.05) is 13.7 Å². The Labute approximate surface area is 102 Å². The highest BCUT2D eigenvalue weighted by atomic mass is 19.4. The molecule has 0 N–H and O–H groups in total. The van der Waals surface area contributed by atoms with Gasteiger partial charge in [-0.25, -0.2) is 18.4 Å². The fourth-order valence-corrected chi connectivity index (χ4v) is 1.32. The summed E-state index contributed by atoms with van der Waals surface area (Å²) in [6.07, 6.45) is -16.2. The maximum Gasteiger partial charge on any atom is 0.509 e. The van der Waals surface area contributed by atoms with Crippen molar-refractivity contribution in [3.05, 3.63) is 0 Å². The number of methoxy groups -OCH3 is 1. The number of cyclic esters (lactones) is 2. The van der Waals surface area contributed by atoms with E-state index in [1.807, 2.05) is 0 Å². The van der Waals surface area contributed by atoms with E-state index in [0.717, 1.165) is 0 Å². The Morgan fingerprint density at radius 3 is 2.32 bits per heavy atom. The number of hydrogen-bond donors (Lipinski definition) is 0. The smallest absolute Gasteiger partial charge is 0.438 e. The Bertz CT molecular complexity index is 369. The summed E-state index contributed by atoms with van der Waals surface area (Å²) < 4.78 is 79.1. The average Bonchev–Trinajstić information content (AvgIpc) is 2.67. The monoisotopic (exact) mass is 294 g/mol. The van der Waals surface area contributed by atoms with Gasteiger partial charge in [0, 0.05) is 0 Å². The predicted molar refractivity (Wildman–Crippen MR) is 44.5 cm³/mol. The van der Waals surface area contributed by atoms with Gasteiger partial charge in [0.05, 0.1) is 7.11 Å². The third-order valence-electron chi connectivity index (χ3n) is 2.18. The van der Waals surface area contributed by atoms with E-state index in [1.165, 1.54) is 0 Å². The van der Waals surface area contributed by atoms with E-state index in [9.17, 15) is 31.5 Å². The Morgan fingerprint density at radius 1 is 1.42 bits per heavy atom. The molecule has 0 spiro atoms. The molecule has 0 amide bonds. The van der Waals surface area contributed by atoms with Gasteiger partial charge < -0.3 is 18.9 Å². The quantitative estimate of drug-likeness (QED) is 0.584. The largest absolute Gasteiger partial charge is 0.509 e. The summed E-state index contributed by atoms with van der Waals surface area (Å²) in [6.45, 7) is -1.41. The van der Waals surface area contributed by atoms with Crippen molar-refractivity contribution in [1.82, 2.24) is 0 Å². The summed E-state index contributed by atoms with van der Waals surface area (Å²) in [7, 11) is 0.683. The van der Waals surface area contributed by atoms with Crippen LogP contribution in [0.25, 0.3) is 0 Å². The Balaban J connectivity index is 3.12. The minimum absolute atomic E-state index is 0.683. The standard InChI is InChI=1S/C8H7F5O6/c1-16-5(14)18-3(8(11,12)13)7(4(9)10)2-17-6(15)19-7/h3-4H,2H2,1H3. The van der Waals surface area contributed by atoms with Crippen LogP contribution in [0.2, 0.25) is 0 Å². The van der Waals surface area contributed by atoms with Crippen LogP contribution in [-0.4, -0.2) is 50.3 Å². The molecule has 1 saturated heterocycles. The first-order valence-electron chi connectivity index (χ1n) is 4.58. The lowest BCUT2D eigenvalue weighted by Gasteiger charge is -2.32.